The van der Waals surface area contributed by atoms with Gasteiger partial charge in [-0.2, -0.15) is 5.10 Å². The van der Waals surface area contributed by atoms with Crippen molar-refractivity contribution in [1.29, 1.82) is 0 Å². The number of nitrogens with one attached hydrogen (secondary N) is 2. The van der Waals surface area contributed by atoms with Crippen LogP contribution >= 0.6 is 11.8 Å². The molecule has 3 amide bonds. The fourth-order valence-corrected chi connectivity index (χ4v) is 5.17. The molecule has 1 aromatic carbocycles. The highest BCUT2D eigenvalue weighted by molar-refractivity contribution is 8.01. The molecule has 0 saturated carbocycles. The van der Waals surface area contributed by atoms with Gasteiger partial charge in [0.1, 0.15) is 6.04 Å². The molecule has 0 bridgehead atoms. The van der Waals surface area contributed by atoms with Crippen LogP contribution in [0.3, 0.4) is 0 Å². The average molecular weight is 401 g/mol. The lowest BCUT2D eigenvalue weighted by molar-refractivity contribution is -0.138. The highest BCUT2D eigenvalue weighted by Gasteiger charge is 2.52. The van der Waals surface area contributed by atoms with Gasteiger partial charge in [-0.15, -0.1) is 11.8 Å². The second-order valence-electron chi connectivity index (χ2n) is 7.03. The molecule has 3 heterocycles. The molecule has 2 aliphatic rings. The van der Waals surface area contributed by atoms with E-state index >= 15 is 0 Å². The molecule has 146 valence electrons. The lowest BCUT2D eigenvalue weighted by Gasteiger charge is -2.29. The van der Waals surface area contributed by atoms with E-state index in [2.05, 4.69) is 16.0 Å². The number of amides is 3. The van der Waals surface area contributed by atoms with Crippen molar-refractivity contribution in [2.24, 2.45) is 7.05 Å². The molecule has 0 spiro atoms. The Labute approximate surface area is 164 Å². The van der Waals surface area contributed by atoms with Crippen LogP contribution in [0, 0.1) is 0 Å². The Kier molecular flexibility index (Phi) is 4.37. The van der Waals surface area contributed by atoms with Gasteiger partial charge in [-0.05, 0) is 19.4 Å². The van der Waals surface area contributed by atoms with Crippen molar-refractivity contribution < 1.29 is 14.4 Å². The summed E-state index contributed by atoms with van der Waals surface area (Å²) in [6, 6.07) is 6.02. The number of fused-ring (bicyclic) bond motifs is 2. The number of rotatable bonds is 2. The van der Waals surface area contributed by atoms with Crippen LogP contribution in [0.15, 0.2) is 29.1 Å². The van der Waals surface area contributed by atoms with E-state index in [9.17, 15) is 19.2 Å². The summed E-state index contributed by atoms with van der Waals surface area (Å²) in [5, 5.41) is 4.79. The first-order valence-corrected chi connectivity index (χ1v) is 9.83. The second-order valence-corrected chi connectivity index (χ2v) is 8.53. The molecular weight excluding hydrogens is 382 g/mol. The summed E-state index contributed by atoms with van der Waals surface area (Å²) in [4.78, 5) is 50.8. The summed E-state index contributed by atoms with van der Waals surface area (Å²) in [5.74, 6) is -0.662. The highest BCUT2D eigenvalue weighted by Crippen LogP contribution is 2.47. The van der Waals surface area contributed by atoms with Crippen molar-refractivity contribution >= 4 is 40.3 Å². The van der Waals surface area contributed by atoms with Crippen molar-refractivity contribution in [2.75, 3.05) is 5.75 Å². The summed E-state index contributed by atoms with van der Waals surface area (Å²) in [5.41, 5.74) is 4.47. The van der Waals surface area contributed by atoms with E-state index in [0.29, 0.717) is 29.4 Å². The van der Waals surface area contributed by atoms with E-state index in [-0.39, 0.29) is 22.0 Å². The minimum atomic E-state index is -0.638. The molecule has 2 N–H and O–H groups in total. The summed E-state index contributed by atoms with van der Waals surface area (Å²) >= 11 is 1.57. The van der Waals surface area contributed by atoms with E-state index in [1.54, 1.807) is 40.9 Å². The number of carbonyl (C=O) groups is 3. The second kappa shape index (κ2) is 6.62. The monoisotopic (exact) mass is 401 g/mol. The summed E-state index contributed by atoms with van der Waals surface area (Å²) in [6.07, 6.45) is 1.13. The molecule has 0 aliphatic carbocycles. The van der Waals surface area contributed by atoms with Gasteiger partial charge in [0, 0.05) is 24.6 Å². The van der Waals surface area contributed by atoms with Crippen LogP contribution in [0.25, 0.3) is 10.8 Å². The maximum atomic E-state index is 12.6. The fraction of sp³-hybridized carbons (Fsp3) is 0.389. The Morgan fingerprint density at radius 1 is 1.21 bits per heavy atom. The summed E-state index contributed by atoms with van der Waals surface area (Å²) in [6.45, 7) is 1.95. The zero-order chi connectivity index (χ0) is 20.1. The first-order valence-electron chi connectivity index (χ1n) is 8.84. The van der Waals surface area contributed by atoms with Crippen molar-refractivity contribution in [3.8, 4) is 0 Å². The van der Waals surface area contributed by atoms with Crippen molar-refractivity contribution in [3.05, 3.63) is 40.3 Å². The molecule has 1 aromatic heterocycles. The maximum absolute atomic E-state index is 12.6. The van der Waals surface area contributed by atoms with Gasteiger partial charge in [0.2, 0.25) is 5.91 Å². The van der Waals surface area contributed by atoms with Crippen LogP contribution in [-0.4, -0.2) is 49.1 Å². The SMILES string of the molecule is Cn1nc(C(=O)NNC(=O)[C@@H]2CS[C@@]3(C)CCC(=O)N23)c2ccccc2c1=O. The minimum Gasteiger partial charge on any atom is -0.315 e. The number of hydrogen-bond acceptors (Lipinski definition) is 6. The van der Waals surface area contributed by atoms with Crippen molar-refractivity contribution in [3.63, 3.8) is 0 Å². The van der Waals surface area contributed by atoms with Crippen molar-refractivity contribution in [1.82, 2.24) is 25.5 Å². The molecule has 9 nitrogen and oxygen atoms in total. The molecule has 2 fully saturated rings. The number of aryl methyl sites for hydroxylation is 1. The Hall–Kier alpha value is -2.88. The van der Waals surface area contributed by atoms with E-state index in [1.807, 2.05) is 6.92 Å². The van der Waals surface area contributed by atoms with Crippen LogP contribution in [0.1, 0.15) is 30.3 Å². The first-order chi connectivity index (χ1) is 13.3. The number of hydrogen-bond donors (Lipinski definition) is 2. The molecule has 28 heavy (non-hydrogen) atoms. The van der Waals surface area contributed by atoms with Crippen LogP contribution in [0.4, 0.5) is 0 Å². The molecule has 2 aromatic rings. The van der Waals surface area contributed by atoms with Crippen LogP contribution in [0.2, 0.25) is 0 Å². The van der Waals surface area contributed by atoms with Crippen molar-refractivity contribution in [2.45, 2.75) is 30.7 Å². The van der Waals surface area contributed by atoms with E-state index < -0.39 is 17.9 Å². The lowest BCUT2D eigenvalue weighted by atomic mass is 10.1. The first kappa shape index (κ1) is 18.5. The normalized spacial score (nSPS) is 23.7. The maximum Gasteiger partial charge on any atom is 0.290 e. The lowest BCUT2D eigenvalue weighted by Crippen LogP contribution is -2.54. The molecule has 2 atom stereocenters. The third-order valence-corrected chi connectivity index (χ3v) is 6.72. The van der Waals surface area contributed by atoms with E-state index in [0.717, 1.165) is 4.68 Å². The van der Waals surface area contributed by atoms with Gasteiger partial charge in [0.25, 0.3) is 17.4 Å². The van der Waals surface area contributed by atoms with Gasteiger partial charge in [0.05, 0.1) is 10.3 Å². The minimum absolute atomic E-state index is 0.0286. The van der Waals surface area contributed by atoms with Gasteiger partial charge in [-0.25, -0.2) is 4.68 Å². The number of nitrogens with zero attached hydrogens (tertiary/aromatic N) is 3. The smallest absolute Gasteiger partial charge is 0.290 e. The van der Waals surface area contributed by atoms with Crippen LogP contribution < -0.4 is 16.4 Å². The van der Waals surface area contributed by atoms with E-state index in [4.69, 9.17) is 0 Å². The molecule has 2 saturated heterocycles. The fourth-order valence-electron chi connectivity index (χ4n) is 3.74. The van der Waals surface area contributed by atoms with Gasteiger partial charge < -0.3 is 4.90 Å². The third kappa shape index (κ3) is 2.84. The molecule has 4 rings (SSSR count). The zero-order valence-electron chi connectivity index (χ0n) is 15.4. The van der Waals surface area contributed by atoms with Gasteiger partial charge in [0.15, 0.2) is 5.69 Å². The van der Waals surface area contributed by atoms with Crippen LogP contribution in [-0.2, 0) is 16.6 Å². The average Bonchev–Trinajstić information content (AvgIpc) is 3.18. The molecule has 2 aliphatic heterocycles. The Morgan fingerprint density at radius 2 is 1.93 bits per heavy atom. The summed E-state index contributed by atoms with van der Waals surface area (Å²) < 4.78 is 1.08. The Balaban J connectivity index is 1.52. The number of carbonyl (C=O) groups excluding carboxylic acids is 3. The number of hydrazine groups is 1. The topological polar surface area (TPSA) is 113 Å². The standard InChI is InChI=1S/C18H19N5O4S/c1-18-8-7-13(24)23(18)12(9-28-18)15(25)19-20-16(26)14-10-5-3-4-6-11(10)17(27)22(2)21-14/h3-6,12H,7-9H2,1-2H3,(H,19,25)(H,20,26)/t12-,18-/m0/s1. The number of aromatic nitrogens is 2. The molecular formula is C18H19N5O4S. The van der Waals surface area contributed by atoms with Crippen LogP contribution in [0.5, 0.6) is 0 Å². The molecule has 0 radical (unpaired) electrons. The summed E-state index contributed by atoms with van der Waals surface area (Å²) in [7, 11) is 1.46. The Morgan fingerprint density at radius 3 is 2.68 bits per heavy atom. The molecule has 10 heteroatoms. The van der Waals surface area contributed by atoms with Gasteiger partial charge >= 0.3 is 0 Å². The molecule has 0 unspecified atom stereocenters. The van der Waals surface area contributed by atoms with Gasteiger partial charge in [-0.1, -0.05) is 18.2 Å². The third-order valence-electron chi connectivity index (χ3n) is 5.22. The zero-order valence-corrected chi connectivity index (χ0v) is 16.2. The number of thioether (sulfide) groups is 1. The van der Waals surface area contributed by atoms with E-state index in [1.165, 1.54) is 7.05 Å². The Bertz CT molecular complexity index is 1070. The predicted molar refractivity (Wildman–Crippen MR) is 103 cm³/mol. The number of benzene rings is 1. The quantitative estimate of drug-likeness (QED) is 0.693. The highest BCUT2D eigenvalue weighted by atomic mass is 32.2. The largest absolute Gasteiger partial charge is 0.315 e. The predicted octanol–water partition coefficient (Wildman–Crippen LogP) is 0.149. The van der Waals surface area contributed by atoms with Gasteiger partial charge in [-0.3, -0.25) is 30.0 Å².